The Labute approximate surface area is 101 Å². The highest BCUT2D eigenvalue weighted by Crippen LogP contribution is 2.12. The number of primary amides is 1. The molecule has 0 radical (unpaired) electrons. The van der Waals surface area contributed by atoms with Gasteiger partial charge in [-0.2, -0.15) is 0 Å². The average Bonchev–Trinajstić information content (AvgIpc) is 2.35. The molecule has 6 heteroatoms. The first-order chi connectivity index (χ1) is 8.06. The van der Waals surface area contributed by atoms with Gasteiger partial charge in [-0.25, -0.2) is 0 Å². The van der Waals surface area contributed by atoms with Gasteiger partial charge in [-0.05, 0) is 18.9 Å². The van der Waals surface area contributed by atoms with Crippen molar-refractivity contribution in [3.63, 3.8) is 0 Å². The highest BCUT2D eigenvalue weighted by molar-refractivity contribution is 5.86. The zero-order chi connectivity index (χ0) is 12.8. The lowest BCUT2D eigenvalue weighted by Gasteiger charge is -2.33. The van der Waals surface area contributed by atoms with Crippen molar-refractivity contribution in [3.8, 4) is 0 Å². The second-order valence-electron chi connectivity index (χ2n) is 4.46. The number of hydrogen-bond acceptors (Lipinski definition) is 4. The van der Waals surface area contributed by atoms with Crippen molar-refractivity contribution in [1.29, 1.82) is 0 Å². The molecule has 2 atom stereocenters. The summed E-state index contributed by atoms with van der Waals surface area (Å²) in [6.07, 6.45) is 1.14. The van der Waals surface area contributed by atoms with Crippen LogP contribution in [-0.4, -0.2) is 49.1 Å². The van der Waals surface area contributed by atoms with Gasteiger partial charge in [0.25, 0.3) is 0 Å². The van der Waals surface area contributed by atoms with E-state index in [-0.39, 0.29) is 12.5 Å². The molecule has 17 heavy (non-hydrogen) atoms. The van der Waals surface area contributed by atoms with E-state index in [2.05, 4.69) is 0 Å². The molecule has 0 aromatic rings. The molecule has 0 bridgehead atoms. The Morgan fingerprint density at radius 2 is 2.24 bits per heavy atom. The minimum Gasteiger partial charge on any atom is -0.377 e. The fourth-order valence-corrected chi connectivity index (χ4v) is 1.77. The number of morpholine rings is 1. The van der Waals surface area contributed by atoms with Gasteiger partial charge in [0.1, 0.15) is 6.04 Å². The second-order valence-corrected chi connectivity index (χ2v) is 4.46. The smallest absolute Gasteiger partial charge is 0.242 e. The maximum Gasteiger partial charge on any atom is 0.242 e. The Kier molecular flexibility index (Phi) is 5.37. The van der Waals surface area contributed by atoms with E-state index in [1.807, 2.05) is 6.92 Å². The predicted molar refractivity (Wildman–Crippen MR) is 63.0 cm³/mol. The number of amides is 2. The van der Waals surface area contributed by atoms with Crippen LogP contribution in [0, 0.1) is 5.92 Å². The van der Waals surface area contributed by atoms with Gasteiger partial charge in [0, 0.05) is 13.0 Å². The molecule has 0 aromatic carbocycles. The van der Waals surface area contributed by atoms with Gasteiger partial charge in [0.2, 0.25) is 11.8 Å². The summed E-state index contributed by atoms with van der Waals surface area (Å²) < 4.78 is 5.16. The monoisotopic (exact) mass is 243 g/mol. The van der Waals surface area contributed by atoms with Gasteiger partial charge in [-0.1, -0.05) is 6.92 Å². The Morgan fingerprint density at radius 1 is 1.53 bits per heavy atom. The van der Waals surface area contributed by atoms with E-state index in [9.17, 15) is 9.59 Å². The zero-order valence-corrected chi connectivity index (χ0v) is 10.2. The molecule has 1 fully saturated rings. The lowest BCUT2D eigenvalue weighted by atomic mass is 10.0. The Hall–Kier alpha value is -1.14. The van der Waals surface area contributed by atoms with E-state index in [0.717, 1.165) is 6.42 Å². The number of ether oxygens (including phenoxy) is 1. The van der Waals surface area contributed by atoms with Gasteiger partial charge in [0.05, 0.1) is 13.2 Å². The molecule has 0 aliphatic carbocycles. The summed E-state index contributed by atoms with van der Waals surface area (Å²) in [5.41, 5.74) is 10.7. The second kappa shape index (κ2) is 6.56. The van der Waals surface area contributed by atoms with Gasteiger partial charge in [-0.3, -0.25) is 9.59 Å². The van der Waals surface area contributed by atoms with E-state index in [4.69, 9.17) is 16.2 Å². The number of carbonyl (C=O) groups is 2. The van der Waals surface area contributed by atoms with Crippen LogP contribution in [0.1, 0.15) is 19.8 Å². The number of nitrogens with zero attached hydrogens (tertiary/aromatic N) is 1. The van der Waals surface area contributed by atoms with Crippen LogP contribution in [0.5, 0.6) is 0 Å². The predicted octanol–water partition coefficient (Wildman–Crippen LogP) is -0.926. The van der Waals surface area contributed by atoms with E-state index in [0.29, 0.717) is 32.0 Å². The van der Waals surface area contributed by atoms with E-state index >= 15 is 0 Å². The molecule has 4 N–H and O–H groups in total. The van der Waals surface area contributed by atoms with Crippen molar-refractivity contribution in [2.75, 3.05) is 26.3 Å². The molecule has 98 valence electrons. The van der Waals surface area contributed by atoms with Crippen molar-refractivity contribution >= 4 is 11.8 Å². The van der Waals surface area contributed by atoms with E-state index in [1.165, 1.54) is 4.90 Å². The summed E-state index contributed by atoms with van der Waals surface area (Å²) in [5, 5.41) is 0. The first kappa shape index (κ1) is 13.9. The maximum absolute atomic E-state index is 12.0. The standard InChI is InChI=1S/C11H21N3O3/c1-8(6-12)2-3-10(15)14-4-5-17-7-9(14)11(13)16/h8-9H,2-7,12H2,1H3,(H2,13,16). The lowest BCUT2D eigenvalue weighted by molar-refractivity contribution is -0.147. The van der Waals surface area contributed by atoms with Crippen LogP contribution >= 0.6 is 0 Å². The van der Waals surface area contributed by atoms with Crippen molar-refractivity contribution in [1.82, 2.24) is 4.90 Å². The Morgan fingerprint density at radius 3 is 2.82 bits per heavy atom. The third kappa shape index (κ3) is 3.98. The van der Waals surface area contributed by atoms with Crippen LogP contribution in [0.15, 0.2) is 0 Å². The lowest BCUT2D eigenvalue weighted by Crippen LogP contribution is -2.54. The third-order valence-electron chi connectivity index (χ3n) is 3.03. The summed E-state index contributed by atoms with van der Waals surface area (Å²) in [4.78, 5) is 24.7. The van der Waals surface area contributed by atoms with Crippen LogP contribution in [-0.2, 0) is 14.3 Å². The van der Waals surface area contributed by atoms with Gasteiger partial charge in [-0.15, -0.1) is 0 Å². The van der Waals surface area contributed by atoms with Crippen LogP contribution in [0.3, 0.4) is 0 Å². The van der Waals surface area contributed by atoms with Gasteiger partial charge < -0.3 is 21.1 Å². The summed E-state index contributed by atoms with van der Waals surface area (Å²) in [6.45, 7) is 3.66. The SMILES string of the molecule is CC(CN)CCC(=O)N1CCOCC1C(N)=O. The zero-order valence-electron chi connectivity index (χ0n) is 10.2. The third-order valence-corrected chi connectivity index (χ3v) is 3.03. The van der Waals surface area contributed by atoms with Crippen LogP contribution in [0.2, 0.25) is 0 Å². The van der Waals surface area contributed by atoms with Crippen LogP contribution in [0.4, 0.5) is 0 Å². The maximum atomic E-state index is 12.0. The van der Waals surface area contributed by atoms with Crippen LogP contribution < -0.4 is 11.5 Å². The molecule has 2 amide bonds. The van der Waals surface area contributed by atoms with Crippen molar-refractivity contribution in [2.24, 2.45) is 17.4 Å². The number of hydrogen-bond donors (Lipinski definition) is 2. The summed E-state index contributed by atoms with van der Waals surface area (Å²) >= 11 is 0. The minimum absolute atomic E-state index is 0.0441. The molecule has 6 nitrogen and oxygen atoms in total. The molecular formula is C11H21N3O3. The fourth-order valence-electron chi connectivity index (χ4n) is 1.77. The summed E-state index contributed by atoms with van der Waals surface area (Å²) in [7, 11) is 0. The van der Waals surface area contributed by atoms with E-state index in [1.54, 1.807) is 0 Å². The fraction of sp³-hybridized carbons (Fsp3) is 0.818. The number of carbonyl (C=O) groups excluding carboxylic acids is 2. The molecule has 2 unspecified atom stereocenters. The normalized spacial score (nSPS) is 22.2. The highest BCUT2D eigenvalue weighted by atomic mass is 16.5. The van der Waals surface area contributed by atoms with Crippen LogP contribution in [0.25, 0.3) is 0 Å². The Balaban J connectivity index is 2.50. The molecule has 1 aliphatic heterocycles. The van der Waals surface area contributed by atoms with E-state index < -0.39 is 11.9 Å². The highest BCUT2D eigenvalue weighted by Gasteiger charge is 2.30. The van der Waals surface area contributed by atoms with Crippen molar-refractivity contribution in [3.05, 3.63) is 0 Å². The molecule has 0 saturated carbocycles. The summed E-state index contributed by atoms with van der Waals surface area (Å²) in [5.74, 6) is -0.241. The molecule has 0 aromatic heterocycles. The van der Waals surface area contributed by atoms with Gasteiger partial charge >= 0.3 is 0 Å². The summed E-state index contributed by atoms with van der Waals surface area (Å²) in [6, 6.07) is -0.621. The van der Waals surface area contributed by atoms with Crippen molar-refractivity contribution in [2.45, 2.75) is 25.8 Å². The first-order valence-electron chi connectivity index (χ1n) is 5.92. The number of nitrogens with two attached hydrogens (primary N) is 2. The minimum atomic E-state index is -0.621. The first-order valence-corrected chi connectivity index (χ1v) is 5.92. The quantitative estimate of drug-likeness (QED) is 0.652. The molecular weight excluding hydrogens is 222 g/mol. The molecule has 1 heterocycles. The Bertz CT molecular complexity index is 283. The van der Waals surface area contributed by atoms with Gasteiger partial charge in [0.15, 0.2) is 0 Å². The largest absolute Gasteiger partial charge is 0.377 e. The average molecular weight is 243 g/mol. The molecule has 1 aliphatic rings. The molecule has 1 rings (SSSR count). The molecule has 1 saturated heterocycles. The van der Waals surface area contributed by atoms with Crippen molar-refractivity contribution < 1.29 is 14.3 Å². The molecule has 0 spiro atoms. The topological polar surface area (TPSA) is 98.7 Å². The number of rotatable bonds is 5.